The maximum Gasteiger partial charge on any atom is 0.228 e. The first-order valence-electron chi connectivity index (χ1n) is 8.33. The van der Waals surface area contributed by atoms with Crippen molar-refractivity contribution in [3.63, 3.8) is 0 Å². The number of nitrogens with zero attached hydrogens (tertiary/aromatic N) is 3. The van der Waals surface area contributed by atoms with E-state index in [9.17, 15) is 9.59 Å². The third-order valence-corrected chi connectivity index (χ3v) is 5.02. The Morgan fingerprint density at radius 3 is 2.85 bits per heavy atom. The molecule has 6 nitrogen and oxygen atoms in total. The summed E-state index contributed by atoms with van der Waals surface area (Å²) in [5.74, 6) is 0.0274. The van der Waals surface area contributed by atoms with Crippen molar-refractivity contribution < 1.29 is 14.0 Å². The second kappa shape index (κ2) is 8.19. The predicted octanol–water partition coefficient (Wildman–Crippen LogP) is 3.34. The minimum Gasteiger partial charge on any atom is -0.467 e. The Labute approximate surface area is 160 Å². The molecule has 0 unspecified atom stereocenters. The number of para-hydroxylation sites is 1. The van der Waals surface area contributed by atoms with Crippen LogP contribution in [0.3, 0.4) is 0 Å². The Bertz CT molecular complexity index is 829. The van der Waals surface area contributed by atoms with Crippen LogP contribution in [0.25, 0.3) is 0 Å². The number of amides is 2. The molecular weight excluding hydrogens is 398 g/mol. The predicted molar refractivity (Wildman–Crippen MR) is 99.0 cm³/mol. The van der Waals surface area contributed by atoms with Crippen molar-refractivity contribution in [2.75, 3.05) is 18.0 Å². The molecule has 1 atom stereocenters. The van der Waals surface area contributed by atoms with E-state index in [0.29, 0.717) is 25.4 Å². The summed E-state index contributed by atoms with van der Waals surface area (Å²) in [7, 11) is 0. The monoisotopic (exact) mass is 415 g/mol. The molecule has 1 aliphatic heterocycles. The van der Waals surface area contributed by atoms with Crippen LogP contribution in [-0.4, -0.2) is 29.8 Å². The third-order valence-electron chi connectivity index (χ3n) is 4.35. The zero-order valence-corrected chi connectivity index (χ0v) is 15.7. The van der Waals surface area contributed by atoms with E-state index in [1.807, 2.05) is 24.3 Å². The highest BCUT2D eigenvalue weighted by atomic mass is 79.9. The molecule has 7 heteroatoms. The number of carbonyl (C=O) groups excluding carboxylic acids is 2. The summed E-state index contributed by atoms with van der Waals surface area (Å²) in [6.07, 6.45) is 1.96. The molecular formula is C19H18BrN3O3. The van der Waals surface area contributed by atoms with Gasteiger partial charge in [0.15, 0.2) is 0 Å². The molecule has 0 radical (unpaired) electrons. The highest BCUT2D eigenvalue weighted by molar-refractivity contribution is 9.10. The van der Waals surface area contributed by atoms with E-state index in [2.05, 4.69) is 22.0 Å². The van der Waals surface area contributed by atoms with Crippen molar-refractivity contribution >= 4 is 33.4 Å². The number of hydrogen-bond acceptors (Lipinski definition) is 4. The lowest BCUT2D eigenvalue weighted by Crippen LogP contribution is -2.37. The second-order valence-electron chi connectivity index (χ2n) is 6.10. The van der Waals surface area contributed by atoms with Gasteiger partial charge >= 0.3 is 0 Å². The Balaban J connectivity index is 1.74. The SMILES string of the molecule is N#CCCN(Cc1ccco1)C(=O)[C@H]1CC(=O)N(c2ccccc2Br)C1. The first-order valence-corrected chi connectivity index (χ1v) is 9.12. The fraction of sp³-hybridized carbons (Fsp3) is 0.316. The van der Waals surface area contributed by atoms with Gasteiger partial charge in [-0.3, -0.25) is 9.59 Å². The third kappa shape index (κ3) is 3.97. The average molecular weight is 416 g/mol. The van der Waals surface area contributed by atoms with Crippen LogP contribution in [0.2, 0.25) is 0 Å². The molecule has 1 saturated heterocycles. The normalized spacial score (nSPS) is 16.5. The van der Waals surface area contributed by atoms with E-state index >= 15 is 0 Å². The molecule has 0 bridgehead atoms. The fourth-order valence-corrected chi connectivity index (χ4v) is 3.58. The van der Waals surface area contributed by atoms with Gasteiger partial charge in [0, 0.05) is 24.0 Å². The maximum absolute atomic E-state index is 13.0. The van der Waals surface area contributed by atoms with E-state index in [1.165, 1.54) is 0 Å². The van der Waals surface area contributed by atoms with Crippen LogP contribution in [0.5, 0.6) is 0 Å². The van der Waals surface area contributed by atoms with Gasteiger partial charge in [0.25, 0.3) is 0 Å². The molecule has 3 rings (SSSR count). The summed E-state index contributed by atoms with van der Waals surface area (Å²) in [5.41, 5.74) is 0.766. The van der Waals surface area contributed by atoms with Gasteiger partial charge in [0.2, 0.25) is 11.8 Å². The zero-order valence-electron chi connectivity index (χ0n) is 14.1. The molecule has 0 spiro atoms. The van der Waals surface area contributed by atoms with E-state index < -0.39 is 5.92 Å². The smallest absolute Gasteiger partial charge is 0.228 e. The Kier molecular flexibility index (Phi) is 5.74. The van der Waals surface area contributed by atoms with Crippen LogP contribution < -0.4 is 4.90 Å². The topological polar surface area (TPSA) is 77.5 Å². The summed E-state index contributed by atoms with van der Waals surface area (Å²) in [5, 5.41) is 8.87. The summed E-state index contributed by atoms with van der Waals surface area (Å²) in [6.45, 7) is 0.949. The first-order chi connectivity index (χ1) is 12.6. The van der Waals surface area contributed by atoms with Gasteiger partial charge in [-0.1, -0.05) is 12.1 Å². The fourth-order valence-electron chi connectivity index (χ4n) is 3.08. The molecule has 1 aromatic heterocycles. The minimum absolute atomic E-state index is 0.0755. The highest BCUT2D eigenvalue weighted by Crippen LogP contribution is 2.32. The van der Waals surface area contributed by atoms with Gasteiger partial charge in [-0.25, -0.2) is 0 Å². The van der Waals surface area contributed by atoms with Gasteiger partial charge in [-0.2, -0.15) is 5.26 Å². The van der Waals surface area contributed by atoms with Crippen molar-refractivity contribution in [3.05, 3.63) is 52.9 Å². The molecule has 134 valence electrons. The van der Waals surface area contributed by atoms with Crippen LogP contribution >= 0.6 is 15.9 Å². The van der Waals surface area contributed by atoms with Gasteiger partial charge in [-0.15, -0.1) is 0 Å². The van der Waals surface area contributed by atoms with E-state index in [1.54, 1.807) is 28.2 Å². The van der Waals surface area contributed by atoms with Gasteiger partial charge < -0.3 is 14.2 Å². The van der Waals surface area contributed by atoms with Gasteiger partial charge in [0.05, 0.1) is 36.9 Å². The molecule has 2 aromatic rings. The highest BCUT2D eigenvalue weighted by Gasteiger charge is 2.37. The number of anilines is 1. The summed E-state index contributed by atoms with van der Waals surface area (Å²) in [4.78, 5) is 28.7. The van der Waals surface area contributed by atoms with Gasteiger partial charge in [0.1, 0.15) is 5.76 Å². The van der Waals surface area contributed by atoms with Crippen LogP contribution in [0, 0.1) is 17.2 Å². The van der Waals surface area contributed by atoms with Crippen molar-refractivity contribution in [1.82, 2.24) is 4.90 Å². The number of carbonyl (C=O) groups is 2. The van der Waals surface area contributed by atoms with Crippen LogP contribution in [0.4, 0.5) is 5.69 Å². The molecule has 0 N–H and O–H groups in total. The molecule has 1 aliphatic rings. The second-order valence-corrected chi connectivity index (χ2v) is 6.96. The summed E-state index contributed by atoms with van der Waals surface area (Å²) in [6, 6.07) is 13.1. The lowest BCUT2D eigenvalue weighted by molar-refractivity contribution is -0.136. The number of hydrogen-bond donors (Lipinski definition) is 0. The number of nitriles is 1. The van der Waals surface area contributed by atoms with Crippen LogP contribution in [0.15, 0.2) is 51.6 Å². The van der Waals surface area contributed by atoms with Crippen LogP contribution in [0.1, 0.15) is 18.6 Å². The minimum atomic E-state index is -0.428. The average Bonchev–Trinajstić information content (AvgIpc) is 3.28. The zero-order chi connectivity index (χ0) is 18.5. The van der Waals surface area contributed by atoms with Crippen molar-refractivity contribution in [2.45, 2.75) is 19.4 Å². The number of halogens is 1. The van der Waals surface area contributed by atoms with Crippen LogP contribution in [-0.2, 0) is 16.1 Å². The quantitative estimate of drug-likeness (QED) is 0.724. The molecule has 26 heavy (non-hydrogen) atoms. The standard InChI is InChI=1S/C19H18BrN3O3/c20-16-6-1-2-7-17(16)23-12-14(11-18(23)24)19(25)22(9-4-8-21)13-15-5-3-10-26-15/h1-3,5-7,10,14H,4,9,11-13H2/t14-/m0/s1. The Morgan fingerprint density at radius 1 is 1.35 bits per heavy atom. The summed E-state index contributed by atoms with van der Waals surface area (Å²) < 4.78 is 6.14. The molecule has 1 aromatic carbocycles. The van der Waals surface area contributed by atoms with E-state index in [4.69, 9.17) is 9.68 Å². The first kappa shape index (κ1) is 18.2. The van der Waals surface area contributed by atoms with Gasteiger partial charge in [-0.05, 0) is 40.2 Å². The molecule has 0 aliphatic carbocycles. The van der Waals surface area contributed by atoms with E-state index in [0.717, 1.165) is 10.2 Å². The maximum atomic E-state index is 13.0. The number of furan rings is 1. The lowest BCUT2D eigenvalue weighted by atomic mass is 10.1. The molecule has 0 saturated carbocycles. The van der Waals surface area contributed by atoms with Crippen molar-refractivity contribution in [2.24, 2.45) is 5.92 Å². The molecule has 1 fully saturated rings. The van der Waals surface area contributed by atoms with Crippen molar-refractivity contribution in [1.29, 1.82) is 5.26 Å². The Morgan fingerprint density at radius 2 is 2.15 bits per heavy atom. The number of benzene rings is 1. The number of rotatable bonds is 6. The van der Waals surface area contributed by atoms with Crippen molar-refractivity contribution in [3.8, 4) is 6.07 Å². The molecule has 2 heterocycles. The largest absolute Gasteiger partial charge is 0.467 e. The van der Waals surface area contributed by atoms with E-state index in [-0.39, 0.29) is 24.7 Å². The Hall–Kier alpha value is -2.59. The lowest BCUT2D eigenvalue weighted by Gasteiger charge is -2.24. The summed E-state index contributed by atoms with van der Waals surface area (Å²) >= 11 is 3.46. The molecule has 2 amide bonds.